The first-order valence-electron chi connectivity index (χ1n) is 8.33. The van der Waals surface area contributed by atoms with E-state index in [1.165, 1.54) is 35.7 Å². The van der Waals surface area contributed by atoms with Crippen LogP contribution in [0.3, 0.4) is 0 Å². The number of ether oxygens (including phenoxy) is 1. The van der Waals surface area contributed by atoms with Crippen LogP contribution in [0.5, 0.6) is 5.75 Å². The SMILES string of the molecule is CCN1CCCC1CNCc1c(OC)ccc2ccccc12.Cl.Cl. The van der Waals surface area contributed by atoms with Crippen molar-refractivity contribution in [1.29, 1.82) is 0 Å². The maximum Gasteiger partial charge on any atom is 0.123 e. The molecule has 0 amide bonds. The van der Waals surface area contributed by atoms with Gasteiger partial charge >= 0.3 is 0 Å². The van der Waals surface area contributed by atoms with Gasteiger partial charge in [-0.1, -0.05) is 37.3 Å². The normalized spacial score (nSPS) is 17.3. The molecule has 1 unspecified atom stereocenters. The summed E-state index contributed by atoms with van der Waals surface area (Å²) >= 11 is 0. The van der Waals surface area contributed by atoms with Crippen molar-refractivity contribution >= 4 is 35.6 Å². The third-order valence-corrected chi connectivity index (χ3v) is 4.80. The molecular formula is C19H28Cl2N2O. The zero-order chi connectivity index (χ0) is 15.4. The molecule has 0 spiro atoms. The standard InChI is InChI=1S/C19H26N2O.2ClH/c1-3-21-12-6-8-16(21)13-20-14-18-17-9-5-4-7-15(17)10-11-19(18)22-2;;/h4-5,7,9-11,16,20H,3,6,8,12-14H2,1-2H3;2*1H. The van der Waals surface area contributed by atoms with Crippen molar-refractivity contribution in [3.05, 3.63) is 42.0 Å². The number of methoxy groups -OCH3 is 1. The van der Waals surface area contributed by atoms with Gasteiger partial charge in [0.25, 0.3) is 0 Å². The lowest BCUT2D eigenvalue weighted by atomic mass is 10.0. The minimum Gasteiger partial charge on any atom is -0.496 e. The summed E-state index contributed by atoms with van der Waals surface area (Å²) < 4.78 is 5.57. The zero-order valence-corrected chi connectivity index (χ0v) is 16.1. The van der Waals surface area contributed by atoms with Gasteiger partial charge < -0.3 is 10.1 Å². The summed E-state index contributed by atoms with van der Waals surface area (Å²) in [4.78, 5) is 2.58. The van der Waals surface area contributed by atoms with Crippen molar-refractivity contribution in [2.24, 2.45) is 0 Å². The molecule has 2 aromatic rings. The Labute approximate surface area is 157 Å². The summed E-state index contributed by atoms with van der Waals surface area (Å²) in [6, 6.07) is 13.4. The number of rotatable bonds is 6. The Morgan fingerprint density at radius 2 is 1.96 bits per heavy atom. The van der Waals surface area contributed by atoms with Crippen LogP contribution in [0.4, 0.5) is 0 Å². The molecule has 1 aliphatic heterocycles. The number of benzene rings is 2. The third-order valence-electron chi connectivity index (χ3n) is 4.80. The average Bonchev–Trinajstić information content (AvgIpc) is 3.02. The van der Waals surface area contributed by atoms with Gasteiger partial charge in [0.2, 0.25) is 0 Å². The Hall–Kier alpha value is -1.000. The molecule has 1 fully saturated rings. The molecule has 134 valence electrons. The first-order valence-corrected chi connectivity index (χ1v) is 8.33. The lowest BCUT2D eigenvalue weighted by Crippen LogP contribution is -2.37. The molecule has 24 heavy (non-hydrogen) atoms. The van der Waals surface area contributed by atoms with E-state index in [9.17, 15) is 0 Å². The molecule has 1 N–H and O–H groups in total. The van der Waals surface area contributed by atoms with Gasteiger partial charge in [0.1, 0.15) is 5.75 Å². The van der Waals surface area contributed by atoms with Crippen molar-refractivity contribution in [2.45, 2.75) is 32.4 Å². The van der Waals surface area contributed by atoms with E-state index in [-0.39, 0.29) is 24.8 Å². The highest BCUT2D eigenvalue weighted by Gasteiger charge is 2.22. The highest BCUT2D eigenvalue weighted by molar-refractivity contribution is 5.87. The molecule has 0 saturated carbocycles. The van der Waals surface area contributed by atoms with Crippen LogP contribution in [0.25, 0.3) is 10.8 Å². The lowest BCUT2D eigenvalue weighted by Gasteiger charge is -2.23. The summed E-state index contributed by atoms with van der Waals surface area (Å²) in [6.45, 7) is 6.58. The molecule has 0 radical (unpaired) electrons. The van der Waals surface area contributed by atoms with Crippen LogP contribution < -0.4 is 10.1 Å². The second-order valence-corrected chi connectivity index (χ2v) is 6.02. The number of nitrogens with zero attached hydrogens (tertiary/aromatic N) is 1. The number of likely N-dealkylation sites (N-methyl/N-ethyl adjacent to an activating group) is 1. The van der Waals surface area contributed by atoms with Gasteiger partial charge in [-0.3, -0.25) is 4.90 Å². The van der Waals surface area contributed by atoms with E-state index in [1.54, 1.807) is 7.11 Å². The summed E-state index contributed by atoms with van der Waals surface area (Å²) in [5.74, 6) is 0.977. The first kappa shape index (κ1) is 21.0. The summed E-state index contributed by atoms with van der Waals surface area (Å²) in [5, 5.41) is 6.21. The van der Waals surface area contributed by atoms with E-state index >= 15 is 0 Å². The van der Waals surface area contributed by atoms with Crippen LogP contribution in [-0.4, -0.2) is 37.7 Å². The molecule has 5 heteroatoms. The second kappa shape index (κ2) is 10.1. The molecule has 0 bridgehead atoms. The molecule has 0 aliphatic carbocycles. The van der Waals surface area contributed by atoms with Gasteiger partial charge in [0.05, 0.1) is 7.11 Å². The van der Waals surface area contributed by atoms with Gasteiger partial charge in [-0.05, 0) is 42.8 Å². The highest BCUT2D eigenvalue weighted by Crippen LogP contribution is 2.28. The summed E-state index contributed by atoms with van der Waals surface area (Å²) in [7, 11) is 1.75. The van der Waals surface area contributed by atoms with Crippen LogP contribution >= 0.6 is 24.8 Å². The lowest BCUT2D eigenvalue weighted by molar-refractivity contribution is 0.259. The molecule has 1 heterocycles. The minimum absolute atomic E-state index is 0. The molecule has 1 saturated heterocycles. The van der Waals surface area contributed by atoms with Crippen molar-refractivity contribution in [3.63, 3.8) is 0 Å². The predicted molar refractivity (Wildman–Crippen MR) is 107 cm³/mol. The molecule has 1 aliphatic rings. The van der Waals surface area contributed by atoms with Gasteiger partial charge in [-0.2, -0.15) is 0 Å². The molecule has 2 aromatic carbocycles. The largest absolute Gasteiger partial charge is 0.496 e. The second-order valence-electron chi connectivity index (χ2n) is 6.02. The van der Waals surface area contributed by atoms with Crippen molar-refractivity contribution in [3.8, 4) is 5.75 Å². The number of nitrogens with one attached hydrogen (secondary N) is 1. The quantitative estimate of drug-likeness (QED) is 0.821. The van der Waals surface area contributed by atoms with Crippen LogP contribution in [0.2, 0.25) is 0 Å². The fraction of sp³-hybridized carbons (Fsp3) is 0.474. The Morgan fingerprint density at radius 1 is 1.17 bits per heavy atom. The van der Waals surface area contributed by atoms with Gasteiger partial charge in [0.15, 0.2) is 0 Å². The summed E-state index contributed by atoms with van der Waals surface area (Å²) in [6.07, 6.45) is 2.64. The van der Waals surface area contributed by atoms with E-state index in [0.29, 0.717) is 6.04 Å². The Bertz CT molecular complexity index is 636. The molecule has 0 aromatic heterocycles. The Morgan fingerprint density at radius 3 is 2.71 bits per heavy atom. The zero-order valence-electron chi connectivity index (χ0n) is 14.5. The van der Waals surface area contributed by atoms with Gasteiger partial charge in [-0.15, -0.1) is 24.8 Å². The smallest absolute Gasteiger partial charge is 0.123 e. The van der Waals surface area contributed by atoms with Crippen molar-refractivity contribution < 1.29 is 4.74 Å². The average molecular weight is 371 g/mol. The predicted octanol–water partition coefficient (Wildman–Crippen LogP) is 4.27. The van der Waals surface area contributed by atoms with Crippen LogP contribution in [0.15, 0.2) is 36.4 Å². The number of likely N-dealkylation sites (tertiary alicyclic amines) is 1. The molecular weight excluding hydrogens is 343 g/mol. The minimum atomic E-state index is 0. The van der Waals surface area contributed by atoms with E-state index < -0.39 is 0 Å². The number of halogens is 2. The Kier molecular flexibility index (Phi) is 8.85. The van der Waals surface area contributed by atoms with Gasteiger partial charge in [-0.25, -0.2) is 0 Å². The number of fused-ring (bicyclic) bond motifs is 1. The first-order chi connectivity index (χ1) is 10.8. The van der Waals surface area contributed by atoms with E-state index in [2.05, 4.69) is 53.5 Å². The van der Waals surface area contributed by atoms with E-state index in [4.69, 9.17) is 4.74 Å². The highest BCUT2D eigenvalue weighted by atomic mass is 35.5. The van der Waals surface area contributed by atoms with E-state index in [0.717, 1.165) is 25.4 Å². The van der Waals surface area contributed by atoms with Crippen LogP contribution in [0, 0.1) is 0 Å². The monoisotopic (exact) mass is 370 g/mol. The molecule has 3 rings (SSSR count). The number of hydrogen-bond acceptors (Lipinski definition) is 3. The van der Waals surface area contributed by atoms with Crippen LogP contribution in [-0.2, 0) is 6.54 Å². The fourth-order valence-corrected chi connectivity index (χ4v) is 3.60. The maximum atomic E-state index is 5.57. The van der Waals surface area contributed by atoms with Crippen LogP contribution in [0.1, 0.15) is 25.3 Å². The number of hydrogen-bond donors (Lipinski definition) is 1. The summed E-state index contributed by atoms with van der Waals surface area (Å²) in [5.41, 5.74) is 1.27. The van der Waals surface area contributed by atoms with Crippen molar-refractivity contribution in [2.75, 3.05) is 26.7 Å². The maximum absolute atomic E-state index is 5.57. The Balaban J connectivity index is 0.00000144. The fourth-order valence-electron chi connectivity index (χ4n) is 3.60. The third kappa shape index (κ3) is 4.54. The molecule has 1 atom stereocenters. The van der Waals surface area contributed by atoms with Gasteiger partial charge in [0, 0.05) is 24.7 Å². The molecule has 3 nitrogen and oxygen atoms in total. The van der Waals surface area contributed by atoms with E-state index in [1.807, 2.05) is 0 Å². The van der Waals surface area contributed by atoms with Crippen molar-refractivity contribution in [1.82, 2.24) is 10.2 Å². The topological polar surface area (TPSA) is 24.5 Å².